The molecule has 2 aromatic heterocycles. The van der Waals surface area contributed by atoms with Crippen LogP contribution in [-0.4, -0.2) is 39.7 Å². The van der Waals surface area contributed by atoms with E-state index in [0.29, 0.717) is 31.3 Å². The van der Waals surface area contributed by atoms with E-state index in [9.17, 15) is 4.79 Å². The van der Waals surface area contributed by atoms with Crippen molar-refractivity contribution in [3.8, 4) is 0 Å². The summed E-state index contributed by atoms with van der Waals surface area (Å²) in [6, 6.07) is 5.63. The minimum Gasteiger partial charge on any atom is -0.357 e. The Hall–Kier alpha value is -2.17. The second kappa shape index (κ2) is 11.4. The van der Waals surface area contributed by atoms with E-state index in [1.807, 2.05) is 33.0 Å². The van der Waals surface area contributed by atoms with Crippen LogP contribution in [0, 0.1) is 6.92 Å². The number of hydrogen-bond acceptors (Lipinski definition) is 4. The van der Waals surface area contributed by atoms with Gasteiger partial charge < -0.3 is 16.0 Å². The summed E-state index contributed by atoms with van der Waals surface area (Å²) in [5.41, 5.74) is 2.07. The van der Waals surface area contributed by atoms with Gasteiger partial charge >= 0.3 is 0 Å². The number of rotatable bonds is 7. The molecular formula is C17H26IN7O. The van der Waals surface area contributed by atoms with Crippen LogP contribution in [0.4, 0.5) is 5.82 Å². The van der Waals surface area contributed by atoms with Gasteiger partial charge in [-0.05, 0) is 31.5 Å². The highest BCUT2D eigenvalue weighted by molar-refractivity contribution is 14.0. The number of carbonyl (C=O) groups excluding carboxylic acids is 1. The number of nitrogens with zero attached hydrogens (tertiary/aromatic N) is 4. The van der Waals surface area contributed by atoms with E-state index in [2.05, 4.69) is 31.0 Å². The number of nitrogens with one attached hydrogen (secondary N) is 3. The molecule has 142 valence electrons. The molecule has 0 aliphatic carbocycles. The third-order valence-corrected chi connectivity index (χ3v) is 3.49. The van der Waals surface area contributed by atoms with Gasteiger partial charge in [0, 0.05) is 39.0 Å². The van der Waals surface area contributed by atoms with Crippen LogP contribution in [-0.2, 0) is 18.4 Å². The van der Waals surface area contributed by atoms with Crippen molar-refractivity contribution in [2.45, 2.75) is 26.8 Å². The Bertz CT molecular complexity index is 712. The van der Waals surface area contributed by atoms with Crippen LogP contribution < -0.4 is 16.0 Å². The third-order valence-electron chi connectivity index (χ3n) is 3.49. The highest BCUT2D eigenvalue weighted by atomic mass is 127. The van der Waals surface area contributed by atoms with Crippen molar-refractivity contribution < 1.29 is 4.79 Å². The van der Waals surface area contributed by atoms with Crippen LogP contribution in [0.15, 0.2) is 35.6 Å². The standard InChI is InChI=1S/C17H25N7O.HI/c1-4-18-17(21-12-14-7-10-22-24(14)3)19-9-8-16(25)23-15-6-5-13(2)11-20-15;/h5-7,10-11H,4,8-9,12H2,1-3H3,(H2,18,19,21)(H,20,23,25);1H. The van der Waals surface area contributed by atoms with Crippen LogP contribution in [0.25, 0.3) is 0 Å². The lowest BCUT2D eigenvalue weighted by Crippen LogP contribution is -2.38. The number of halogens is 1. The molecule has 0 saturated heterocycles. The zero-order valence-electron chi connectivity index (χ0n) is 15.3. The van der Waals surface area contributed by atoms with Crippen molar-refractivity contribution in [1.29, 1.82) is 0 Å². The first-order chi connectivity index (χ1) is 12.1. The highest BCUT2D eigenvalue weighted by Gasteiger charge is 2.05. The van der Waals surface area contributed by atoms with Crippen molar-refractivity contribution in [2.75, 3.05) is 18.4 Å². The van der Waals surface area contributed by atoms with E-state index in [1.165, 1.54) is 0 Å². The second-order valence-electron chi connectivity index (χ2n) is 5.59. The minimum atomic E-state index is -0.0914. The summed E-state index contributed by atoms with van der Waals surface area (Å²) in [6.45, 7) is 5.70. The average molecular weight is 471 g/mol. The van der Waals surface area contributed by atoms with Crippen molar-refractivity contribution in [1.82, 2.24) is 25.4 Å². The molecule has 3 N–H and O–H groups in total. The molecule has 0 spiro atoms. The van der Waals surface area contributed by atoms with Gasteiger partial charge in [0.1, 0.15) is 5.82 Å². The fourth-order valence-electron chi connectivity index (χ4n) is 2.10. The number of anilines is 1. The van der Waals surface area contributed by atoms with Crippen LogP contribution >= 0.6 is 24.0 Å². The van der Waals surface area contributed by atoms with Gasteiger partial charge in [-0.1, -0.05) is 6.07 Å². The monoisotopic (exact) mass is 471 g/mol. The molecule has 0 atom stereocenters. The van der Waals surface area contributed by atoms with Crippen LogP contribution in [0.5, 0.6) is 0 Å². The number of pyridine rings is 1. The third kappa shape index (κ3) is 7.38. The lowest BCUT2D eigenvalue weighted by Gasteiger charge is -2.11. The molecular weight excluding hydrogens is 445 g/mol. The molecule has 0 bridgehead atoms. The first kappa shape index (κ1) is 21.9. The minimum absolute atomic E-state index is 0. The van der Waals surface area contributed by atoms with Gasteiger partial charge in [0.2, 0.25) is 5.91 Å². The Morgan fingerprint density at radius 3 is 2.69 bits per heavy atom. The Labute approximate surface area is 170 Å². The Morgan fingerprint density at radius 1 is 1.27 bits per heavy atom. The molecule has 0 fully saturated rings. The maximum atomic E-state index is 12.0. The Balaban J connectivity index is 0.00000338. The van der Waals surface area contributed by atoms with E-state index in [0.717, 1.165) is 17.8 Å². The normalized spacial score (nSPS) is 10.8. The van der Waals surface area contributed by atoms with Gasteiger partial charge in [-0.3, -0.25) is 9.48 Å². The zero-order chi connectivity index (χ0) is 18.1. The van der Waals surface area contributed by atoms with E-state index in [1.54, 1.807) is 23.1 Å². The topological polar surface area (TPSA) is 96.2 Å². The molecule has 2 heterocycles. The van der Waals surface area contributed by atoms with Gasteiger partial charge in [-0.25, -0.2) is 9.98 Å². The highest BCUT2D eigenvalue weighted by Crippen LogP contribution is 2.04. The zero-order valence-corrected chi connectivity index (χ0v) is 17.7. The number of carbonyl (C=O) groups is 1. The summed E-state index contributed by atoms with van der Waals surface area (Å²) < 4.78 is 1.79. The van der Waals surface area contributed by atoms with Crippen LogP contribution in [0.2, 0.25) is 0 Å². The average Bonchev–Trinajstić information content (AvgIpc) is 3.00. The van der Waals surface area contributed by atoms with E-state index < -0.39 is 0 Å². The largest absolute Gasteiger partial charge is 0.357 e. The molecule has 0 unspecified atom stereocenters. The van der Waals surface area contributed by atoms with Crippen molar-refractivity contribution in [3.05, 3.63) is 41.9 Å². The van der Waals surface area contributed by atoms with Gasteiger partial charge in [0.15, 0.2) is 5.96 Å². The number of guanidine groups is 1. The number of aromatic nitrogens is 3. The summed E-state index contributed by atoms with van der Waals surface area (Å²) in [5, 5.41) is 13.2. The molecule has 8 nitrogen and oxygen atoms in total. The molecule has 0 aromatic carbocycles. The maximum absolute atomic E-state index is 12.0. The van der Waals surface area contributed by atoms with Gasteiger partial charge in [0.05, 0.1) is 12.2 Å². The van der Waals surface area contributed by atoms with E-state index in [-0.39, 0.29) is 29.9 Å². The summed E-state index contributed by atoms with van der Waals surface area (Å²) in [6.07, 6.45) is 3.79. The maximum Gasteiger partial charge on any atom is 0.227 e. The van der Waals surface area contributed by atoms with Gasteiger partial charge in [-0.15, -0.1) is 24.0 Å². The summed E-state index contributed by atoms with van der Waals surface area (Å²) in [5.74, 6) is 1.14. The number of aryl methyl sites for hydroxylation is 2. The molecule has 0 radical (unpaired) electrons. The van der Waals surface area contributed by atoms with E-state index in [4.69, 9.17) is 0 Å². The van der Waals surface area contributed by atoms with Gasteiger partial charge in [-0.2, -0.15) is 5.10 Å². The summed E-state index contributed by atoms with van der Waals surface area (Å²) >= 11 is 0. The number of hydrogen-bond donors (Lipinski definition) is 3. The summed E-state index contributed by atoms with van der Waals surface area (Å²) in [4.78, 5) is 20.6. The molecule has 1 amide bonds. The molecule has 0 saturated carbocycles. The fraction of sp³-hybridized carbons (Fsp3) is 0.412. The lowest BCUT2D eigenvalue weighted by molar-refractivity contribution is -0.116. The number of amides is 1. The van der Waals surface area contributed by atoms with Gasteiger partial charge in [0.25, 0.3) is 0 Å². The van der Waals surface area contributed by atoms with Crippen molar-refractivity contribution in [3.63, 3.8) is 0 Å². The lowest BCUT2D eigenvalue weighted by atomic mass is 10.3. The Kier molecular flexibility index (Phi) is 9.63. The summed E-state index contributed by atoms with van der Waals surface area (Å²) in [7, 11) is 1.88. The first-order valence-electron chi connectivity index (χ1n) is 8.30. The van der Waals surface area contributed by atoms with E-state index >= 15 is 0 Å². The predicted molar refractivity (Wildman–Crippen MR) is 114 cm³/mol. The SMILES string of the molecule is CCNC(=NCc1ccnn1C)NCCC(=O)Nc1ccc(C)cn1.I. The predicted octanol–water partition coefficient (Wildman–Crippen LogP) is 1.83. The molecule has 9 heteroatoms. The quantitative estimate of drug-likeness (QED) is 0.325. The van der Waals surface area contributed by atoms with Crippen molar-refractivity contribution in [2.24, 2.45) is 12.0 Å². The molecule has 2 aromatic rings. The molecule has 0 aliphatic rings. The second-order valence-corrected chi connectivity index (χ2v) is 5.59. The molecule has 0 aliphatic heterocycles. The van der Waals surface area contributed by atoms with Crippen LogP contribution in [0.3, 0.4) is 0 Å². The smallest absolute Gasteiger partial charge is 0.227 e. The molecule has 26 heavy (non-hydrogen) atoms. The molecule has 2 rings (SSSR count). The number of aliphatic imine (C=N–C) groups is 1. The van der Waals surface area contributed by atoms with Crippen molar-refractivity contribution >= 4 is 41.7 Å². The Morgan fingerprint density at radius 2 is 2.08 bits per heavy atom. The first-order valence-corrected chi connectivity index (χ1v) is 8.30. The fourth-order valence-corrected chi connectivity index (χ4v) is 2.10. The van der Waals surface area contributed by atoms with Crippen LogP contribution in [0.1, 0.15) is 24.6 Å².